The number of anilines is 1. The third-order valence-corrected chi connectivity index (χ3v) is 6.49. The predicted octanol–water partition coefficient (Wildman–Crippen LogP) is 2.60. The number of morpholine rings is 1. The van der Waals surface area contributed by atoms with Crippen LogP contribution in [0.3, 0.4) is 0 Å². The molecule has 10 heteroatoms. The number of nitrogens with one attached hydrogen (secondary N) is 2. The fraction of sp³-hybridized carbons (Fsp3) is 0.391. The zero-order chi connectivity index (χ0) is 23.3. The molecule has 1 saturated heterocycles. The fourth-order valence-electron chi connectivity index (χ4n) is 3.62. The van der Waals surface area contributed by atoms with Crippen LogP contribution in [0.25, 0.3) is 11.0 Å². The van der Waals surface area contributed by atoms with Crippen LogP contribution in [0.2, 0.25) is 0 Å². The van der Waals surface area contributed by atoms with E-state index < -0.39 is 9.84 Å². The minimum atomic E-state index is -3.23. The summed E-state index contributed by atoms with van der Waals surface area (Å²) in [4.78, 5) is 22.8. The van der Waals surface area contributed by atoms with Crippen molar-refractivity contribution in [2.75, 3.05) is 44.5 Å². The van der Waals surface area contributed by atoms with Crippen molar-refractivity contribution in [2.45, 2.75) is 24.3 Å². The van der Waals surface area contributed by atoms with Crippen LogP contribution in [-0.2, 0) is 25.9 Å². The molecule has 0 atom stereocenters. The van der Waals surface area contributed by atoms with E-state index in [0.29, 0.717) is 30.9 Å². The zero-order valence-corrected chi connectivity index (χ0v) is 19.4. The fourth-order valence-corrected chi connectivity index (χ4v) is 4.25. The first-order valence-electron chi connectivity index (χ1n) is 10.9. The number of benzene rings is 2. The molecule has 1 aliphatic rings. The minimum Gasteiger partial charge on any atom is -0.494 e. The van der Waals surface area contributed by atoms with Gasteiger partial charge >= 0.3 is 0 Å². The monoisotopic (exact) mass is 472 g/mol. The van der Waals surface area contributed by atoms with Crippen molar-refractivity contribution in [3.05, 3.63) is 48.3 Å². The van der Waals surface area contributed by atoms with Gasteiger partial charge in [-0.1, -0.05) is 0 Å². The van der Waals surface area contributed by atoms with E-state index in [1.165, 1.54) is 12.1 Å². The lowest BCUT2D eigenvalue weighted by molar-refractivity contribution is -0.116. The van der Waals surface area contributed by atoms with Crippen molar-refractivity contribution >= 4 is 32.5 Å². The second-order valence-electron chi connectivity index (χ2n) is 8.05. The SMILES string of the molecule is CS(=O)(=O)c1ccc(OCCCC(=O)Nc2ccc3nc(CN4CCOCC4)[nH]c3c2)cc1. The highest BCUT2D eigenvalue weighted by Crippen LogP contribution is 2.19. The molecule has 0 bridgehead atoms. The summed E-state index contributed by atoms with van der Waals surface area (Å²) in [5, 5.41) is 2.91. The van der Waals surface area contributed by atoms with E-state index in [1.807, 2.05) is 18.2 Å². The lowest BCUT2D eigenvalue weighted by Crippen LogP contribution is -2.35. The van der Waals surface area contributed by atoms with Crippen molar-refractivity contribution < 1.29 is 22.7 Å². The largest absolute Gasteiger partial charge is 0.494 e. The Hall–Kier alpha value is -2.95. The van der Waals surface area contributed by atoms with Crippen LogP contribution in [0.5, 0.6) is 5.75 Å². The maximum absolute atomic E-state index is 12.3. The van der Waals surface area contributed by atoms with Gasteiger partial charge in [0.05, 0.1) is 42.3 Å². The summed E-state index contributed by atoms with van der Waals surface area (Å²) in [5.41, 5.74) is 2.47. The summed E-state index contributed by atoms with van der Waals surface area (Å²) in [7, 11) is -3.23. The van der Waals surface area contributed by atoms with E-state index in [4.69, 9.17) is 9.47 Å². The van der Waals surface area contributed by atoms with Crippen molar-refractivity contribution in [3.8, 4) is 5.75 Å². The number of carbonyl (C=O) groups excluding carboxylic acids is 1. The number of hydrogen-bond acceptors (Lipinski definition) is 7. The first-order chi connectivity index (χ1) is 15.9. The molecule has 3 aromatic rings. The van der Waals surface area contributed by atoms with Gasteiger partial charge in [0.15, 0.2) is 9.84 Å². The molecule has 1 fully saturated rings. The Morgan fingerprint density at radius 1 is 1.18 bits per heavy atom. The first-order valence-corrected chi connectivity index (χ1v) is 12.8. The van der Waals surface area contributed by atoms with Gasteiger partial charge < -0.3 is 19.8 Å². The van der Waals surface area contributed by atoms with Gasteiger partial charge in [-0.25, -0.2) is 13.4 Å². The van der Waals surface area contributed by atoms with Gasteiger partial charge in [-0.3, -0.25) is 9.69 Å². The van der Waals surface area contributed by atoms with Crippen LogP contribution < -0.4 is 10.1 Å². The highest BCUT2D eigenvalue weighted by Gasteiger charge is 2.13. The lowest BCUT2D eigenvalue weighted by atomic mass is 10.2. The third kappa shape index (κ3) is 6.53. The van der Waals surface area contributed by atoms with Crippen LogP contribution in [0.15, 0.2) is 47.4 Å². The van der Waals surface area contributed by atoms with Crippen molar-refractivity contribution in [1.82, 2.24) is 14.9 Å². The molecule has 4 rings (SSSR count). The predicted molar refractivity (Wildman–Crippen MR) is 125 cm³/mol. The van der Waals surface area contributed by atoms with Gasteiger partial charge in [0.25, 0.3) is 0 Å². The van der Waals surface area contributed by atoms with E-state index in [1.54, 1.807) is 12.1 Å². The summed E-state index contributed by atoms with van der Waals surface area (Å²) in [5.74, 6) is 1.37. The number of ether oxygens (including phenoxy) is 2. The number of imidazole rings is 1. The molecule has 9 nitrogen and oxygen atoms in total. The number of rotatable bonds is 9. The molecule has 0 radical (unpaired) electrons. The number of aromatic nitrogens is 2. The van der Waals surface area contributed by atoms with E-state index in [0.717, 1.165) is 56.0 Å². The second kappa shape index (κ2) is 10.3. The van der Waals surface area contributed by atoms with Crippen LogP contribution in [-0.4, -0.2) is 68.4 Å². The number of amides is 1. The van der Waals surface area contributed by atoms with E-state index >= 15 is 0 Å². The average Bonchev–Trinajstić information content (AvgIpc) is 3.18. The van der Waals surface area contributed by atoms with E-state index in [-0.39, 0.29) is 10.8 Å². The topological polar surface area (TPSA) is 114 Å². The second-order valence-corrected chi connectivity index (χ2v) is 10.1. The van der Waals surface area contributed by atoms with Crippen LogP contribution in [0, 0.1) is 0 Å². The number of sulfone groups is 1. The Bertz CT molecular complexity index is 1200. The quantitative estimate of drug-likeness (QED) is 0.460. The van der Waals surface area contributed by atoms with Crippen molar-refractivity contribution in [2.24, 2.45) is 0 Å². The molecule has 1 aromatic heterocycles. The summed E-state index contributed by atoms with van der Waals surface area (Å²) in [6.45, 7) is 4.39. The maximum Gasteiger partial charge on any atom is 0.224 e. The van der Waals surface area contributed by atoms with Gasteiger partial charge in [0.1, 0.15) is 11.6 Å². The Morgan fingerprint density at radius 2 is 1.94 bits per heavy atom. The molecular formula is C23H28N4O5S. The first kappa shape index (κ1) is 23.2. The molecule has 1 amide bonds. The summed E-state index contributed by atoms with van der Waals surface area (Å²) in [6.07, 6.45) is 2.01. The number of fused-ring (bicyclic) bond motifs is 1. The molecule has 2 heterocycles. The van der Waals surface area contributed by atoms with Gasteiger partial charge in [0.2, 0.25) is 5.91 Å². The van der Waals surface area contributed by atoms with Gasteiger partial charge in [-0.15, -0.1) is 0 Å². The third-order valence-electron chi connectivity index (χ3n) is 5.36. The molecule has 1 aliphatic heterocycles. The Balaban J connectivity index is 1.23. The summed E-state index contributed by atoms with van der Waals surface area (Å²) < 4.78 is 34.0. The normalized spacial score (nSPS) is 14.9. The van der Waals surface area contributed by atoms with Gasteiger partial charge in [-0.2, -0.15) is 0 Å². The molecule has 2 N–H and O–H groups in total. The molecule has 0 aliphatic carbocycles. The standard InChI is InChI=1S/C23H28N4O5S/c1-33(29,30)19-7-5-18(6-8-19)32-12-2-3-23(28)24-17-4-9-20-21(15-17)26-22(25-20)16-27-10-13-31-14-11-27/h4-9,15H,2-3,10-14,16H2,1H3,(H,24,28)(H,25,26). The highest BCUT2D eigenvalue weighted by atomic mass is 32.2. The van der Waals surface area contributed by atoms with Gasteiger partial charge in [0, 0.05) is 31.5 Å². The molecule has 0 spiro atoms. The number of nitrogens with zero attached hydrogens (tertiary/aromatic N) is 2. The molecular weight excluding hydrogens is 444 g/mol. The highest BCUT2D eigenvalue weighted by molar-refractivity contribution is 7.90. The van der Waals surface area contributed by atoms with Crippen molar-refractivity contribution in [3.63, 3.8) is 0 Å². The van der Waals surface area contributed by atoms with Crippen LogP contribution >= 0.6 is 0 Å². The Morgan fingerprint density at radius 3 is 2.67 bits per heavy atom. The maximum atomic E-state index is 12.3. The molecule has 176 valence electrons. The number of carbonyl (C=O) groups is 1. The summed E-state index contributed by atoms with van der Waals surface area (Å²) >= 11 is 0. The number of hydrogen-bond donors (Lipinski definition) is 2. The van der Waals surface area contributed by atoms with E-state index in [9.17, 15) is 13.2 Å². The van der Waals surface area contributed by atoms with Crippen LogP contribution in [0.4, 0.5) is 5.69 Å². The smallest absolute Gasteiger partial charge is 0.224 e. The Labute approximate surface area is 193 Å². The lowest BCUT2D eigenvalue weighted by Gasteiger charge is -2.25. The molecule has 0 unspecified atom stereocenters. The zero-order valence-electron chi connectivity index (χ0n) is 18.5. The molecule has 33 heavy (non-hydrogen) atoms. The molecule has 0 saturated carbocycles. The number of aromatic amines is 1. The van der Waals surface area contributed by atoms with E-state index in [2.05, 4.69) is 20.2 Å². The minimum absolute atomic E-state index is 0.0987. The molecule has 2 aromatic carbocycles. The van der Waals surface area contributed by atoms with Crippen molar-refractivity contribution in [1.29, 1.82) is 0 Å². The van der Waals surface area contributed by atoms with Gasteiger partial charge in [-0.05, 0) is 48.9 Å². The Kier molecular flexibility index (Phi) is 7.26. The number of H-pyrrole nitrogens is 1. The average molecular weight is 473 g/mol. The van der Waals surface area contributed by atoms with Crippen LogP contribution in [0.1, 0.15) is 18.7 Å². The summed E-state index contributed by atoms with van der Waals surface area (Å²) in [6, 6.07) is 11.9.